The second kappa shape index (κ2) is 6.33. The molecule has 1 aromatic carbocycles. The molecular weight excluding hydrogens is 286 g/mol. The van der Waals surface area contributed by atoms with Crippen LogP contribution in [0.1, 0.15) is 32.4 Å². The molecule has 0 saturated heterocycles. The average molecular weight is 306 g/mol. The normalized spacial score (nSPS) is 13.1. The molecule has 0 bridgehead atoms. The van der Waals surface area contributed by atoms with E-state index in [1.807, 2.05) is 6.07 Å². The third-order valence-corrected chi connectivity index (χ3v) is 4.69. The SMILES string of the molecule is CCC(CC)C(Br)Cc1ccc2ccccc2n1. The number of fused-ring (bicyclic) bond motifs is 1. The average Bonchev–Trinajstić information content (AvgIpc) is 2.40. The molecular formula is C16H20BrN. The largest absolute Gasteiger partial charge is 0.253 e. The van der Waals surface area contributed by atoms with Gasteiger partial charge in [-0.3, -0.25) is 4.98 Å². The summed E-state index contributed by atoms with van der Waals surface area (Å²) in [5.74, 6) is 0.735. The van der Waals surface area contributed by atoms with Crippen LogP contribution in [0.3, 0.4) is 0 Å². The van der Waals surface area contributed by atoms with Gasteiger partial charge in [0.2, 0.25) is 0 Å². The molecule has 0 aliphatic heterocycles. The molecule has 2 aromatic rings. The van der Waals surface area contributed by atoms with Gasteiger partial charge in [0.05, 0.1) is 5.52 Å². The van der Waals surface area contributed by atoms with Crippen LogP contribution in [0.25, 0.3) is 10.9 Å². The third kappa shape index (κ3) is 3.11. The van der Waals surface area contributed by atoms with Gasteiger partial charge in [0, 0.05) is 22.3 Å². The van der Waals surface area contributed by atoms with Crippen LogP contribution in [0.5, 0.6) is 0 Å². The number of benzene rings is 1. The quantitative estimate of drug-likeness (QED) is 0.710. The van der Waals surface area contributed by atoms with Crippen LogP contribution in [0.4, 0.5) is 0 Å². The van der Waals surface area contributed by atoms with Gasteiger partial charge in [0.1, 0.15) is 0 Å². The van der Waals surface area contributed by atoms with Gasteiger partial charge in [-0.25, -0.2) is 0 Å². The number of hydrogen-bond acceptors (Lipinski definition) is 1. The van der Waals surface area contributed by atoms with Crippen molar-refractivity contribution in [2.24, 2.45) is 5.92 Å². The minimum Gasteiger partial charge on any atom is -0.253 e. The molecule has 0 fully saturated rings. The summed E-state index contributed by atoms with van der Waals surface area (Å²) in [7, 11) is 0. The van der Waals surface area contributed by atoms with Gasteiger partial charge in [0.15, 0.2) is 0 Å². The maximum Gasteiger partial charge on any atom is 0.0705 e. The van der Waals surface area contributed by atoms with Crippen LogP contribution in [-0.4, -0.2) is 9.81 Å². The minimum absolute atomic E-state index is 0.529. The van der Waals surface area contributed by atoms with E-state index in [2.05, 4.69) is 60.1 Å². The van der Waals surface area contributed by atoms with E-state index in [9.17, 15) is 0 Å². The fourth-order valence-electron chi connectivity index (χ4n) is 2.39. The monoisotopic (exact) mass is 305 g/mol. The van der Waals surface area contributed by atoms with Gasteiger partial charge < -0.3 is 0 Å². The number of nitrogens with zero attached hydrogens (tertiary/aromatic N) is 1. The first kappa shape index (κ1) is 13.5. The Bertz CT molecular complexity index is 505. The fraction of sp³-hybridized carbons (Fsp3) is 0.438. The van der Waals surface area contributed by atoms with Crippen LogP contribution in [0.15, 0.2) is 36.4 Å². The Morgan fingerprint density at radius 2 is 1.78 bits per heavy atom. The smallest absolute Gasteiger partial charge is 0.0705 e. The lowest BCUT2D eigenvalue weighted by Crippen LogP contribution is -2.16. The van der Waals surface area contributed by atoms with Crippen molar-refractivity contribution < 1.29 is 0 Å². The first-order valence-corrected chi connectivity index (χ1v) is 7.64. The molecule has 0 amide bonds. The van der Waals surface area contributed by atoms with Crippen molar-refractivity contribution in [2.45, 2.75) is 37.9 Å². The highest BCUT2D eigenvalue weighted by Gasteiger charge is 2.16. The Kier molecular flexibility index (Phi) is 4.76. The van der Waals surface area contributed by atoms with E-state index in [4.69, 9.17) is 4.98 Å². The molecule has 0 saturated carbocycles. The molecule has 1 heterocycles. The van der Waals surface area contributed by atoms with E-state index in [-0.39, 0.29) is 0 Å². The molecule has 0 spiro atoms. The molecule has 18 heavy (non-hydrogen) atoms. The maximum absolute atomic E-state index is 4.74. The van der Waals surface area contributed by atoms with Crippen LogP contribution < -0.4 is 0 Å². The summed E-state index contributed by atoms with van der Waals surface area (Å²) >= 11 is 3.83. The highest BCUT2D eigenvalue weighted by molar-refractivity contribution is 9.09. The zero-order chi connectivity index (χ0) is 13.0. The van der Waals surface area contributed by atoms with Crippen LogP contribution in [0.2, 0.25) is 0 Å². The zero-order valence-corrected chi connectivity index (χ0v) is 12.7. The van der Waals surface area contributed by atoms with Crippen molar-refractivity contribution in [1.82, 2.24) is 4.98 Å². The molecule has 0 radical (unpaired) electrons. The van der Waals surface area contributed by atoms with Gasteiger partial charge in [-0.05, 0) is 18.1 Å². The Labute approximate surface area is 118 Å². The molecule has 2 rings (SSSR count). The molecule has 0 aliphatic carbocycles. The summed E-state index contributed by atoms with van der Waals surface area (Å²) in [5.41, 5.74) is 2.28. The molecule has 1 unspecified atom stereocenters. The van der Waals surface area contributed by atoms with E-state index in [0.717, 1.165) is 17.9 Å². The summed E-state index contributed by atoms with van der Waals surface area (Å²) in [4.78, 5) is 5.27. The first-order chi connectivity index (χ1) is 8.74. The highest BCUT2D eigenvalue weighted by Crippen LogP contribution is 2.24. The summed E-state index contributed by atoms with van der Waals surface area (Å²) in [5, 5.41) is 1.22. The first-order valence-electron chi connectivity index (χ1n) is 6.73. The molecule has 1 atom stereocenters. The van der Waals surface area contributed by atoms with E-state index >= 15 is 0 Å². The van der Waals surface area contributed by atoms with Crippen molar-refractivity contribution in [3.63, 3.8) is 0 Å². The van der Waals surface area contributed by atoms with Crippen LogP contribution in [-0.2, 0) is 6.42 Å². The Morgan fingerprint density at radius 1 is 1.06 bits per heavy atom. The second-order valence-corrected chi connectivity index (χ2v) is 5.97. The third-order valence-electron chi connectivity index (χ3n) is 3.62. The van der Waals surface area contributed by atoms with Gasteiger partial charge in [-0.1, -0.05) is 66.9 Å². The summed E-state index contributed by atoms with van der Waals surface area (Å²) in [6.07, 6.45) is 3.46. The summed E-state index contributed by atoms with van der Waals surface area (Å²) in [6.45, 7) is 4.52. The predicted molar refractivity (Wildman–Crippen MR) is 82.2 cm³/mol. The van der Waals surface area contributed by atoms with E-state index in [0.29, 0.717) is 4.83 Å². The van der Waals surface area contributed by atoms with Gasteiger partial charge in [-0.2, -0.15) is 0 Å². The number of rotatable bonds is 5. The van der Waals surface area contributed by atoms with E-state index in [1.54, 1.807) is 0 Å². The van der Waals surface area contributed by atoms with E-state index in [1.165, 1.54) is 23.9 Å². The molecule has 0 aliphatic rings. The van der Waals surface area contributed by atoms with Gasteiger partial charge in [0.25, 0.3) is 0 Å². The number of pyridine rings is 1. The lowest BCUT2D eigenvalue weighted by Gasteiger charge is -2.19. The number of aromatic nitrogens is 1. The molecule has 96 valence electrons. The highest BCUT2D eigenvalue weighted by atomic mass is 79.9. The fourth-order valence-corrected chi connectivity index (χ4v) is 3.47. The van der Waals surface area contributed by atoms with Crippen molar-refractivity contribution in [2.75, 3.05) is 0 Å². The number of hydrogen-bond donors (Lipinski definition) is 0. The molecule has 1 aromatic heterocycles. The Hall–Kier alpha value is -0.890. The number of halogens is 1. The molecule has 2 heteroatoms. The second-order valence-electron chi connectivity index (χ2n) is 4.79. The number of para-hydroxylation sites is 1. The lowest BCUT2D eigenvalue weighted by atomic mass is 9.96. The van der Waals surface area contributed by atoms with Gasteiger partial charge >= 0.3 is 0 Å². The van der Waals surface area contributed by atoms with Gasteiger partial charge in [-0.15, -0.1) is 0 Å². The predicted octanol–water partition coefficient (Wildman–Crippen LogP) is 4.98. The Morgan fingerprint density at radius 3 is 2.50 bits per heavy atom. The molecule has 0 N–H and O–H groups in total. The van der Waals surface area contributed by atoms with Crippen LogP contribution >= 0.6 is 15.9 Å². The van der Waals surface area contributed by atoms with E-state index < -0.39 is 0 Å². The lowest BCUT2D eigenvalue weighted by molar-refractivity contribution is 0.473. The molecule has 1 nitrogen and oxygen atoms in total. The summed E-state index contributed by atoms with van der Waals surface area (Å²) in [6, 6.07) is 12.6. The summed E-state index contributed by atoms with van der Waals surface area (Å²) < 4.78 is 0. The van der Waals surface area contributed by atoms with Crippen molar-refractivity contribution in [3.05, 3.63) is 42.1 Å². The van der Waals surface area contributed by atoms with Crippen molar-refractivity contribution >= 4 is 26.8 Å². The maximum atomic E-state index is 4.74. The topological polar surface area (TPSA) is 12.9 Å². The standard InChI is InChI=1S/C16H20BrN/c1-3-12(4-2)15(17)11-14-10-9-13-7-5-6-8-16(13)18-14/h5-10,12,15H,3-4,11H2,1-2H3. The number of alkyl halides is 1. The Balaban J connectivity index is 2.16. The van der Waals surface area contributed by atoms with Crippen LogP contribution in [0, 0.1) is 5.92 Å². The van der Waals surface area contributed by atoms with Crippen molar-refractivity contribution in [1.29, 1.82) is 0 Å². The minimum atomic E-state index is 0.529. The van der Waals surface area contributed by atoms with Crippen molar-refractivity contribution in [3.8, 4) is 0 Å². The zero-order valence-electron chi connectivity index (χ0n) is 11.1.